The molecule has 1 N–H and O–H groups in total. The summed E-state index contributed by atoms with van der Waals surface area (Å²) in [5, 5.41) is 13.7. The van der Waals surface area contributed by atoms with Crippen molar-refractivity contribution in [3.05, 3.63) is 31.9 Å². The topological polar surface area (TPSA) is 64.4 Å². The van der Waals surface area contributed by atoms with Crippen LogP contribution in [0.5, 0.6) is 0 Å². The summed E-state index contributed by atoms with van der Waals surface area (Å²) >= 11 is 2.04. The monoisotopic (exact) mass is 322 g/mol. The average Bonchev–Trinajstić information content (AvgIpc) is 2.20. The third-order valence-electron chi connectivity index (χ3n) is 1.78. The van der Waals surface area contributed by atoms with Gasteiger partial charge in [0.2, 0.25) is 0 Å². The average molecular weight is 322 g/mol. The van der Waals surface area contributed by atoms with Gasteiger partial charge in [0.15, 0.2) is 0 Å². The van der Waals surface area contributed by atoms with Gasteiger partial charge in [-0.1, -0.05) is 0 Å². The number of anilines is 1. The lowest BCUT2D eigenvalue weighted by Crippen LogP contribution is -2.09. The van der Waals surface area contributed by atoms with E-state index in [-0.39, 0.29) is 5.69 Å². The van der Waals surface area contributed by atoms with Gasteiger partial charge in [0.05, 0.1) is 11.5 Å². The van der Waals surface area contributed by atoms with Crippen LogP contribution in [0.25, 0.3) is 0 Å². The van der Waals surface area contributed by atoms with Crippen LogP contribution in [0.15, 0.2) is 18.2 Å². The van der Waals surface area contributed by atoms with Crippen molar-refractivity contribution in [2.24, 2.45) is 0 Å². The van der Waals surface area contributed by atoms with Crippen LogP contribution in [0.4, 0.5) is 11.4 Å². The molecule has 0 aromatic heterocycles. The van der Waals surface area contributed by atoms with Crippen molar-refractivity contribution in [2.75, 3.05) is 25.6 Å². The summed E-state index contributed by atoms with van der Waals surface area (Å²) in [6.45, 7) is 1.07. The number of hydrogen-bond donors (Lipinski definition) is 1. The van der Waals surface area contributed by atoms with Crippen LogP contribution in [-0.2, 0) is 4.74 Å². The van der Waals surface area contributed by atoms with Gasteiger partial charge in [0.25, 0.3) is 5.69 Å². The number of hydrogen-bond acceptors (Lipinski definition) is 4. The molecule has 1 aromatic rings. The van der Waals surface area contributed by atoms with E-state index in [0.717, 1.165) is 3.57 Å². The first-order chi connectivity index (χ1) is 7.15. The third-order valence-corrected chi connectivity index (χ3v) is 2.45. The minimum Gasteiger partial charge on any atom is -0.383 e. The van der Waals surface area contributed by atoms with Crippen molar-refractivity contribution in [1.29, 1.82) is 0 Å². The standard InChI is InChI=1S/C9H11IN2O3/c1-15-5-4-11-8-3-2-7(10)6-9(8)12(13)14/h2-3,6,11H,4-5H2,1H3. The summed E-state index contributed by atoms with van der Waals surface area (Å²) in [4.78, 5) is 10.3. The van der Waals surface area contributed by atoms with Crippen LogP contribution < -0.4 is 5.32 Å². The van der Waals surface area contributed by atoms with E-state index in [0.29, 0.717) is 18.8 Å². The van der Waals surface area contributed by atoms with Crippen LogP contribution in [0, 0.1) is 13.7 Å². The fourth-order valence-corrected chi connectivity index (χ4v) is 1.57. The Bertz CT molecular complexity index is 357. The first-order valence-electron chi connectivity index (χ1n) is 4.32. The third kappa shape index (κ3) is 3.63. The Balaban J connectivity index is 2.81. The van der Waals surface area contributed by atoms with Gasteiger partial charge in [0.1, 0.15) is 5.69 Å². The number of nitrogens with zero attached hydrogens (tertiary/aromatic N) is 1. The van der Waals surface area contributed by atoms with Crippen molar-refractivity contribution in [2.45, 2.75) is 0 Å². The Hall–Kier alpha value is -0.890. The zero-order valence-corrected chi connectivity index (χ0v) is 10.4. The summed E-state index contributed by atoms with van der Waals surface area (Å²) in [6, 6.07) is 5.06. The number of halogens is 1. The number of rotatable bonds is 5. The normalized spacial score (nSPS) is 10.0. The summed E-state index contributed by atoms with van der Waals surface area (Å²) in [5.74, 6) is 0. The minimum atomic E-state index is -0.392. The summed E-state index contributed by atoms with van der Waals surface area (Å²) in [5.41, 5.74) is 0.621. The number of nitrogens with one attached hydrogen (secondary N) is 1. The lowest BCUT2D eigenvalue weighted by Gasteiger charge is -2.06. The first-order valence-corrected chi connectivity index (χ1v) is 5.39. The quantitative estimate of drug-likeness (QED) is 0.391. The zero-order chi connectivity index (χ0) is 11.3. The van der Waals surface area contributed by atoms with Gasteiger partial charge in [-0.3, -0.25) is 10.1 Å². The van der Waals surface area contributed by atoms with Gasteiger partial charge in [-0.25, -0.2) is 0 Å². The highest BCUT2D eigenvalue weighted by atomic mass is 127. The molecule has 0 radical (unpaired) electrons. The molecule has 15 heavy (non-hydrogen) atoms. The number of nitro benzene ring substituents is 1. The molecule has 82 valence electrons. The predicted molar refractivity (Wildman–Crippen MR) is 66.2 cm³/mol. The molecule has 0 amide bonds. The molecule has 0 fully saturated rings. The Labute approximate surface area is 101 Å². The van der Waals surface area contributed by atoms with Crippen LogP contribution in [0.3, 0.4) is 0 Å². The summed E-state index contributed by atoms with van der Waals surface area (Å²) in [7, 11) is 1.59. The fraction of sp³-hybridized carbons (Fsp3) is 0.333. The van der Waals surface area contributed by atoms with Crippen molar-refractivity contribution >= 4 is 34.0 Å². The maximum absolute atomic E-state index is 10.7. The van der Waals surface area contributed by atoms with E-state index < -0.39 is 4.92 Å². The molecule has 0 saturated carbocycles. The van der Waals surface area contributed by atoms with Gasteiger partial charge >= 0.3 is 0 Å². The lowest BCUT2D eigenvalue weighted by atomic mass is 10.2. The Morgan fingerprint density at radius 3 is 2.93 bits per heavy atom. The number of methoxy groups -OCH3 is 1. The highest BCUT2D eigenvalue weighted by molar-refractivity contribution is 14.1. The predicted octanol–water partition coefficient (Wildman–Crippen LogP) is 2.26. The number of ether oxygens (including phenoxy) is 1. The van der Waals surface area contributed by atoms with Gasteiger partial charge in [-0.05, 0) is 34.7 Å². The van der Waals surface area contributed by atoms with E-state index >= 15 is 0 Å². The number of benzene rings is 1. The van der Waals surface area contributed by atoms with Gasteiger partial charge in [-0.15, -0.1) is 0 Å². The molecule has 5 nitrogen and oxygen atoms in total. The second-order valence-electron chi connectivity index (χ2n) is 2.84. The van der Waals surface area contributed by atoms with Crippen molar-refractivity contribution in [3.63, 3.8) is 0 Å². The van der Waals surface area contributed by atoms with Crippen molar-refractivity contribution < 1.29 is 9.66 Å². The first kappa shape index (κ1) is 12.2. The molecule has 0 atom stereocenters. The maximum Gasteiger partial charge on any atom is 0.293 e. The van der Waals surface area contributed by atoms with Gasteiger partial charge in [0, 0.05) is 23.3 Å². The smallest absolute Gasteiger partial charge is 0.293 e. The molecule has 0 bridgehead atoms. The molecule has 0 spiro atoms. The van der Waals surface area contributed by atoms with Gasteiger partial charge < -0.3 is 10.1 Å². The van der Waals surface area contributed by atoms with Crippen LogP contribution >= 0.6 is 22.6 Å². The minimum absolute atomic E-state index is 0.0954. The van der Waals surface area contributed by atoms with Crippen LogP contribution in [0.2, 0.25) is 0 Å². The van der Waals surface area contributed by atoms with E-state index in [4.69, 9.17) is 4.74 Å². The van der Waals surface area contributed by atoms with Crippen LogP contribution in [0.1, 0.15) is 0 Å². The van der Waals surface area contributed by atoms with E-state index in [1.165, 1.54) is 6.07 Å². The molecule has 0 aliphatic heterocycles. The molecule has 1 aromatic carbocycles. The second-order valence-corrected chi connectivity index (χ2v) is 4.08. The molecule has 0 aliphatic rings. The second kappa shape index (κ2) is 5.86. The summed E-state index contributed by atoms with van der Waals surface area (Å²) in [6.07, 6.45) is 0. The zero-order valence-electron chi connectivity index (χ0n) is 8.20. The highest BCUT2D eigenvalue weighted by Gasteiger charge is 2.13. The Kier molecular flexibility index (Phi) is 4.76. The molecule has 1 rings (SSSR count). The van der Waals surface area contributed by atoms with Gasteiger partial charge in [-0.2, -0.15) is 0 Å². The molecule has 0 aliphatic carbocycles. The largest absolute Gasteiger partial charge is 0.383 e. The van der Waals surface area contributed by atoms with E-state index in [9.17, 15) is 10.1 Å². The molecule has 0 heterocycles. The lowest BCUT2D eigenvalue weighted by molar-refractivity contribution is -0.384. The van der Waals surface area contributed by atoms with E-state index in [2.05, 4.69) is 5.32 Å². The molecule has 6 heteroatoms. The molecule has 0 saturated heterocycles. The SMILES string of the molecule is COCCNc1ccc(I)cc1[N+](=O)[O-]. The van der Waals surface area contributed by atoms with E-state index in [1.54, 1.807) is 13.2 Å². The summed E-state index contributed by atoms with van der Waals surface area (Å²) < 4.78 is 5.70. The van der Waals surface area contributed by atoms with Crippen molar-refractivity contribution in [3.8, 4) is 0 Å². The van der Waals surface area contributed by atoms with Crippen LogP contribution in [-0.4, -0.2) is 25.2 Å². The maximum atomic E-state index is 10.7. The number of nitro groups is 1. The molecular formula is C9H11IN2O3. The molecule has 0 unspecified atom stereocenters. The fourth-order valence-electron chi connectivity index (χ4n) is 1.09. The molecular weight excluding hydrogens is 311 g/mol. The Morgan fingerprint density at radius 2 is 2.33 bits per heavy atom. The highest BCUT2D eigenvalue weighted by Crippen LogP contribution is 2.25. The Morgan fingerprint density at radius 1 is 1.60 bits per heavy atom. The van der Waals surface area contributed by atoms with Crippen molar-refractivity contribution in [1.82, 2.24) is 0 Å². The van der Waals surface area contributed by atoms with E-state index in [1.807, 2.05) is 28.7 Å².